The van der Waals surface area contributed by atoms with Gasteiger partial charge in [0.05, 0.1) is 11.3 Å². The van der Waals surface area contributed by atoms with E-state index in [1.807, 2.05) is 42.5 Å². The molecule has 0 saturated carbocycles. The Balaban J connectivity index is 1.72. The van der Waals surface area contributed by atoms with Crippen LogP contribution in [0.4, 0.5) is 5.69 Å². The van der Waals surface area contributed by atoms with Gasteiger partial charge >= 0.3 is 5.97 Å². The summed E-state index contributed by atoms with van der Waals surface area (Å²) >= 11 is 0. The predicted octanol–water partition coefficient (Wildman–Crippen LogP) is 3.10. The maximum atomic E-state index is 12.4. The molecule has 0 heterocycles. The number of amides is 1. The molecule has 0 aliphatic heterocycles. The highest BCUT2D eigenvalue weighted by Gasteiger charge is 2.24. The number of aliphatic carboxylic acids is 1. The summed E-state index contributed by atoms with van der Waals surface area (Å²) in [4.78, 5) is 34.5. The molecule has 0 fully saturated rings. The van der Waals surface area contributed by atoms with Crippen molar-refractivity contribution in [1.29, 1.82) is 0 Å². The first-order chi connectivity index (χ1) is 13.4. The topological polar surface area (TPSA) is 110 Å². The lowest BCUT2D eigenvalue weighted by Gasteiger charge is -2.15. The normalized spacial score (nSPS) is 11.7. The summed E-state index contributed by atoms with van der Waals surface area (Å²) in [5.74, 6) is -1.70. The summed E-state index contributed by atoms with van der Waals surface area (Å²) in [5.41, 5.74) is 0.842. The Kier molecular flexibility index (Phi) is 5.64. The summed E-state index contributed by atoms with van der Waals surface area (Å²) < 4.78 is 0. The first-order valence-corrected chi connectivity index (χ1v) is 8.66. The Labute approximate surface area is 160 Å². The molecule has 0 unspecified atom stereocenters. The van der Waals surface area contributed by atoms with Gasteiger partial charge in [-0.1, -0.05) is 60.7 Å². The van der Waals surface area contributed by atoms with Crippen LogP contribution in [0.1, 0.15) is 11.1 Å². The van der Waals surface area contributed by atoms with E-state index in [4.69, 9.17) is 0 Å². The molecule has 0 aliphatic rings. The molecule has 0 aliphatic carbocycles. The zero-order valence-corrected chi connectivity index (χ0v) is 14.9. The Morgan fingerprint density at radius 1 is 1.00 bits per heavy atom. The number of carboxylic acids is 1. The lowest BCUT2D eigenvalue weighted by Crippen LogP contribution is -2.43. The molecule has 0 saturated heterocycles. The van der Waals surface area contributed by atoms with E-state index in [0.29, 0.717) is 0 Å². The number of hydrogen-bond acceptors (Lipinski definition) is 4. The number of carbonyl (C=O) groups excluding carboxylic acids is 1. The first-order valence-electron chi connectivity index (χ1n) is 8.66. The largest absolute Gasteiger partial charge is 0.480 e. The van der Waals surface area contributed by atoms with E-state index in [1.165, 1.54) is 18.2 Å². The van der Waals surface area contributed by atoms with Gasteiger partial charge in [-0.15, -0.1) is 0 Å². The van der Waals surface area contributed by atoms with E-state index >= 15 is 0 Å². The molecule has 0 spiro atoms. The van der Waals surface area contributed by atoms with Crippen molar-refractivity contribution < 1.29 is 19.6 Å². The Morgan fingerprint density at radius 2 is 1.68 bits per heavy atom. The minimum absolute atomic E-state index is 0.0193. The van der Waals surface area contributed by atoms with Crippen LogP contribution in [0.3, 0.4) is 0 Å². The number of nitro groups is 1. The van der Waals surface area contributed by atoms with Gasteiger partial charge in [-0.25, -0.2) is 4.79 Å². The third kappa shape index (κ3) is 4.50. The Bertz CT molecular complexity index is 1050. The van der Waals surface area contributed by atoms with Crippen molar-refractivity contribution in [2.24, 2.45) is 0 Å². The van der Waals surface area contributed by atoms with Gasteiger partial charge in [0, 0.05) is 18.1 Å². The summed E-state index contributed by atoms with van der Waals surface area (Å²) in [5, 5.41) is 25.1. The molecule has 3 aromatic rings. The van der Waals surface area contributed by atoms with Crippen molar-refractivity contribution >= 4 is 28.3 Å². The summed E-state index contributed by atoms with van der Waals surface area (Å²) in [6, 6.07) is 18.0. The zero-order valence-electron chi connectivity index (χ0n) is 14.9. The van der Waals surface area contributed by atoms with Crippen LogP contribution in [0.2, 0.25) is 0 Å². The van der Waals surface area contributed by atoms with Crippen molar-refractivity contribution in [1.82, 2.24) is 5.32 Å². The van der Waals surface area contributed by atoms with E-state index in [1.54, 1.807) is 6.07 Å². The second-order valence-electron chi connectivity index (χ2n) is 6.41. The number of carboxylic acid groups (broad SMARTS) is 1. The maximum Gasteiger partial charge on any atom is 0.326 e. The number of benzene rings is 3. The van der Waals surface area contributed by atoms with Crippen LogP contribution in [0.5, 0.6) is 0 Å². The molecule has 0 bridgehead atoms. The van der Waals surface area contributed by atoms with E-state index in [2.05, 4.69) is 5.32 Å². The number of hydrogen-bond donors (Lipinski definition) is 2. The molecule has 3 aromatic carbocycles. The van der Waals surface area contributed by atoms with E-state index in [0.717, 1.165) is 16.3 Å². The van der Waals surface area contributed by atoms with Crippen LogP contribution >= 0.6 is 0 Å². The average Bonchev–Trinajstić information content (AvgIpc) is 2.67. The average molecular weight is 378 g/mol. The first kappa shape index (κ1) is 19.0. The van der Waals surface area contributed by atoms with Gasteiger partial charge in [0.15, 0.2) is 0 Å². The number of nitro benzene ring substituents is 1. The molecular weight excluding hydrogens is 360 g/mol. The molecule has 3 rings (SSSR count). The van der Waals surface area contributed by atoms with E-state index in [9.17, 15) is 24.8 Å². The van der Waals surface area contributed by atoms with Crippen LogP contribution in [0.15, 0.2) is 66.7 Å². The lowest BCUT2D eigenvalue weighted by atomic mass is 10.0. The molecule has 142 valence electrons. The number of nitrogens with one attached hydrogen (secondary N) is 1. The SMILES string of the molecule is O=C(Cc1ccc2ccccc2c1)N[C@@H](Cc1ccccc1[N+](=O)[O-])C(=O)O. The zero-order chi connectivity index (χ0) is 20.1. The van der Waals surface area contributed by atoms with Crippen LogP contribution in [0.25, 0.3) is 10.8 Å². The second-order valence-corrected chi connectivity index (χ2v) is 6.41. The third-order valence-corrected chi connectivity index (χ3v) is 4.42. The van der Waals surface area contributed by atoms with Gasteiger partial charge in [0.25, 0.3) is 5.69 Å². The number of fused-ring (bicyclic) bond motifs is 1. The van der Waals surface area contributed by atoms with Crippen LogP contribution < -0.4 is 5.32 Å². The molecule has 1 amide bonds. The standard InChI is InChI=1S/C21H18N2O5/c24-20(12-14-9-10-15-5-1-2-6-16(15)11-14)22-18(21(25)26)13-17-7-3-4-8-19(17)23(27)28/h1-11,18H,12-13H2,(H,22,24)(H,25,26)/t18-/m0/s1. The predicted molar refractivity (Wildman–Crippen MR) is 104 cm³/mol. The van der Waals surface area contributed by atoms with Crippen LogP contribution in [-0.2, 0) is 22.4 Å². The smallest absolute Gasteiger partial charge is 0.326 e. The van der Waals surface area contributed by atoms with E-state index in [-0.39, 0.29) is 24.1 Å². The van der Waals surface area contributed by atoms with Crippen LogP contribution in [0, 0.1) is 10.1 Å². The quantitative estimate of drug-likeness (QED) is 0.485. The summed E-state index contributed by atoms with van der Waals surface area (Å²) in [6.45, 7) is 0. The fourth-order valence-electron chi connectivity index (χ4n) is 3.06. The van der Waals surface area contributed by atoms with Crippen molar-refractivity contribution in [3.8, 4) is 0 Å². The molecular formula is C21H18N2O5. The maximum absolute atomic E-state index is 12.4. The van der Waals surface area contributed by atoms with Crippen molar-refractivity contribution in [2.75, 3.05) is 0 Å². The van der Waals surface area contributed by atoms with E-state index < -0.39 is 22.8 Å². The third-order valence-electron chi connectivity index (χ3n) is 4.42. The monoisotopic (exact) mass is 378 g/mol. The van der Waals surface area contributed by atoms with Crippen molar-refractivity contribution in [3.63, 3.8) is 0 Å². The fourth-order valence-corrected chi connectivity index (χ4v) is 3.06. The fraction of sp³-hybridized carbons (Fsp3) is 0.143. The highest BCUT2D eigenvalue weighted by Crippen LogP contribution is 2.20. The number of nitrogens with zero attached hydrogens (tertiary/aromatic N) is 1. The van der Waals surface area contributed by atoms with Gasteiger partial charge in [0.2, 0.25) is 5.91 Å². The van der Waals surface area contributed by atoms with Crippen LogP contribution in [-0.4, -0.2) is 27.9 Å². The summed E-state index contributed by atoms with van der Waals surface area (Å²) in [6.07, 6.45) is -0.151. The second kappa shape index (κ2) is 8.30. The number of rotatable bonds is 7. The van der Waals surface area contributed by atoms with Crippen molar-refractivity contribution in [3.05, 3.63) is 88.0 Å². The van der Waals surface area contributed by atoms with Gasteiger partial charge in [-0.2, -0.15) is 0 Å². The summed E-state index contributed by atoms with van der Waals surface area (Å²) in [7, 11) is 0. The van der Waals surface area contributed by atoms with Gasteiger partial charge < -0.3 is 10.4 Å². The number of para-hydroxylation sites is 1. The molecule has 0 aromatic heterocycles. The minimum Gasteiger partial charge on any atom is -0.480 e. The molecule has 2 N–H and O–H groups in total. The Hall–Kier alpha value is -3.74. The molecule has 7 nitrogen and oxygen atoms in total. The molecule has 28 heavy (non-hydrogen) atoms. The molecule has 1 atom stereocenters. The minimum atomic E-state index is -1.26. The van der Waals surface area contributed by atoms with Crippen molar-refractivity contribution in [2.45, 2.75) is 18.9 Å². The molecule has 7 heteroatoms. The lowest BCUT2D eigenvalue weighted by molar-refractivity contribution is -0.385. The Morgan fingerprint density at radius 3 is 2.39 bits per heavy atom. The van der Waals surface area contributed by atoms with Gasteiger partial charge in [-0.3, -0.25) is 14.9 Å². The number of carbonyl (C=O) groups is 2. The highest BCUT2D eigenvalue weighted by molar-refractivity contribution is 5.87. The highest BCUT2D eigenvalue weighted by atomic mass is 16.6. The molecule has 0 radical (unpaired) electrons. The van der Waals surface area contributed by atoms with Gasteiger partial charge in [0.1, 0.15) is 6.04 Å². The van der Waals surface area contributed by atoms with Gasteiger partial charge in [-0.05, 0) is 16.3 Å².